The van der Waals surface area contributed by atoms with E-state index >= 15 is 0 Å². The van der Waals surface area contributed by atoms with Gasteiger partial charge in [-0.05, 0) is 41.8 Å². The number of para-hydroxylation sites is 1. The molecule has 0 spiro atoms. The first-order chi connectivity index (χ1) is 23.8. The van der Waals surface area contributed by atoms with Gasteiger partial charge < -0.3 is 9.40 Å². The van der Waals surface area contributed by atoms with E-state index in [-0.39, 0.29) is 31.5 Å². The molecule has 0 saturated carbocycles. The fourth-order valence-corrected chi connectivity index (χ4v) is 7.82. The van der Waals surface area contributed by atoms with E-state index in [2.05, 4.69) is 65.3 Å². The normalized spacial score (nSPS) is 12.5. The molecule has 0 aliphatic heterocycles. The van der Waals surface area contributed by atoms with Gasteiger partial charge in [-0.1, -0.05) is 73.6 Å². The quantitative estimate of drug-likeness (QED) is 0.123. The molecule has 3 aromatic heterocycles. The zero-order chi connectivity index (χ0) is 35.6. The van der Waals surface area contributed by atoms with E-state index in [4.69, 9.17) is 8.53 Å². The number of fused-ring (bicyclic) bond motifs is 3. The number of nitrogens with zero attached hydrogens (tertiary/aromatic N) is 2. The number of aromatic nitrogens is 2. The second kappa shape index (κ2) is 15.1. The predicted octanol–water partition coefficient (Wildman–Crippen LogP) is 10.9. The summed E-state index contributed by atoms with van der Waals surface area (Å²) in [6, 6.07) is 35.9. The van der Waals surface area contributed by atoms with E-state index in [1.165, 1.54) is 22.6 Å². The van der Waals surface area contributed by atoms with Gasteiger partial charge in [0.25, 0.3) is 0 Å². The van der Waals surface area contributed by atoms with Crippen molar-refractivity contribution in [2.24, 2.45) is 5.92 Å². The van der Waals surface area contributed by atoms with Crippen molar-refractivity contribution in [3.8, 4) is 33.6 Å². The van der Waals surface area contributed by atoms with E-state index in [0.29, 0.717) is 39.1 Å². The van der Waals surface area contributed by atoms with Crippen LogP contribution in [0.4, 0.5) is 4.39 Å². The van der Waals surface area contributed by atoms with Crippen LogP contribution in [0.3, 0.4) is 0 Å². The van der Waals surface area contributed by atoms with E-state index < -0.39 is 20.1 Å². The molecule has 0 unspecified atom stereocenters. The van der Waals surface area contributed by atoms with Crippen LogP contribution in [0.25, 0.3) is 55.6 Å². The molecule has 0 aliphatic carbocycles. The van der Waals surface area contributed by atoms with Gasteiger partial charge in [0.1, 0.15) is 11.4 Å². The van der Waals surface area contributed by atoms with Gasteiger partial charge in [-0.15, -0.1) is 17.7 Å². The second-order valence-electron chi connectivity index (χ2n) is 13.2. The minimum atomic E-state index is -2.34. The van der Waals surface area contributed by atoms with Gasteiger partial charge in [0.2, 0.25) is 0 Å². The Morgan fingerprint density at radius 3 is 2.35 bits per heavy atom. The van der Waals surface area contributed by atoms with E-state index in [1.807, 2.05) is 60.8 Å². The third-order valence-corrected chi connectivity index (χ3v) is 12.3. The molecule has 3 heterocycles. The number of halogens is 1. The van der Waals surface area contributed by atoms with Crippen molar-refractivity contribution in [2.75, 3.05) is 0 Å². The van der Waals surface area contributed by atoms with Gasteiger partial charge in [-0.3, -0.25) is 0 Å². The molecule has 48 heavy (non-hydrogen) atoms. The molecule has 0 aliphatic rings. The van der Waals surface area contributed by atoms with Gasteiger partial charge >= 0.3 is 99.8 Å². The van der Waals surface area contributed by atoms with Crippen molar-refractivity contribution in [2.45, 2.75) is 44.4 Å². The number of aryl methyl sites for hydroxylation is 1. The summed E-state index contributed by atoms with van der Waals surface area (Å²) in [6.45, 7) is 1.97. The number of furan rings is 1. The Labute approximate surface area is 303 Å². The monoisotopic (exact) mass is 876 g/mol. The van der Waals surface area contributed by atoms with Crippen molar-refractivity contribution in [3.63, 3.8) is 0 Å². The maximum Gasteiger partial charge on any atom is 0 e. The molecule has 0 atom stereocenters. The third-order valence-electron chi connectivity index (χ3n) is 8.07. The molecule has 0 saturated heterocycles. The Hall–Kier alpha value is -3.90. The first-order valence-electron chi connectivity index (χ1n) is 17.3. The van der Waals surface area contributed by atoms with Crippen LogP contribution in [-0.4, -0.2) is 23.2 Å². The summed E-state index contributed by atoms with van der Waals surface area (Å²) in [7, 11) is 0. The first kappa shape index (κ1) is 31.4. The maximum atomic E-state index is 13.5. The summed E-state index contributed by atoms with van der Waals surface area (Å²) in [5.74, 6) is 7.30. The number of hydrogen-bond acceptors (Lipinski definition) is 3. The fraction of sp³-hybridized carbons (Fsp3) is 0.190. The summed E-state index contributed by atoms with van der Waals surface area (Å²) >= 11 is -1.72. The van der Waals surface area contributed by atoms with Crippen molar-refractivity contribution in [1.29, 1.82) is 0 Å². The molecular weight excluding hydrogens is 832 g/mol. The average molecular weight is 875 g/mol. The molecule has 0 bridgehead atoms. The van der Waals surface area contributed by atoms with Crippen molar-refractivity contribution in [1.82, 2.24) is 9.97 Å². The van der Waals surface area contributed by atoms with Crippen LogP contribution in [-0.2, 0) is 26.5 Å². The molecule has 6 heteroatoms. The van der Waals surface area contributed by atoms with E-state index in [0.717, 1.165) is 34.4 Å². The zero-order valence-electron chi connectivity index (χ0n) is 30.7. The van der Waals surface area contributed by atoms with Crippen LogP contribution in [0.15, 0.2) is 114 Å². The number of hydrogen-bond donors (Lipinski definition) is 0. The summed E-state index contributed by atoms with van der Waals surface area (Å²) in [5, 5.41) is 1.22. The Bertz CT molecular complexity index is 2250. The van der Waals surface area contributed by atoms with Crippen molar-refractivity contribution in [3.05, 3.63) is 139 Å². The topological polar surface area (TPSA) is 38.9 Å². The van der Waals surface area contributed by atoms with Crippen molar-refractivity contribution < 1.29 is 33.0 Å². The minimum absolute atomic E-state index is 0. The predicted molar refractivity (Wildman–Crippen MR) is 196 cm³/mol. The molecule has 1 radical (unpaired) electrons. The van der Waals surface area contributed by atoms with Crippen LogP contribution < -0.4 is 4.40 Å². The number of pyridine rings is 2. The smallest absolute Gasteiger partial charge is 0 e. The zero-order valence-corrected chi connectivity index (χ0v) is 32.2. The standard InChI is InChI=1S/C28H23FNO.C14H16GeN.Ir/c1-17(2)15-19-13-14-30-25(16-19)23-12-7-18(3)26-24-6-4-5-22(27(24)31-28(23)26)20-8-10-21(29)11-9-20;1-15(2,3)13-9-10-14(16-11-13)12-7-5-4-6-8-12;/h4-11,13-14,16-17H,15H2,1-3H3;4-7,9-11H,1-3H3;/q2*-1;/i3D3;;. The van der Waals surface area contributed by atoms with Gasteiger partial charge in [0, 0.05) is 41.4 Å². The minimum Gasteiger partial charge on any atom is 0 e. The third kappa shape index (κ3) is 7.86. The van der Waals surface area contributed by atoms with Crippen molar-refractivity contribution >= 4 is 39.6 Å². The largest absolute Gasteiger partial charge is 0 e. The van der Waals surface area contributed by atoms with Gasteiger partial charge in [0.15, 0.2) is 0 Å². The van der Waals surface area contributed by atoms with Gasteiger partial charge in [-0.25, -0.2) is 4.39 Å². The van der Waals surface area contributed by atoms with E-state index in [1.54, 1.807) is 18.3 Å². The second-order valence-corrected chi connectivity index (χ2v) is 23.8. The van der Waals surface area contributed by atoms with Crippen LogP contribution in [0.2, 0.25) is 17.3 Å². The van der Waals surface area contributed by atoms with Crippen LogP contribution in [0, 0.1) is 30.7 Å². The number of rotatable bonds is 6. The Morgan fingerprint density at radius 1 is 0.875 bits per heavy atom. The molecule has 7 rings (SSSR count). The van der Waals surface area contributed by atoms with Gasteiger partial charge in [-0.2, -0.15) is 0 Å². The Morgan fingerprint density at radius 2 is 1.69 bits per heavy atom. The number of benzene rings is 4. The molecule has 0 fully saturated rings. The summed E-state index contributed by atoms with van der Waals surface area (Å²) in [5.41, 5.74) is 7.23. The molecular formula is C42H39FGeIrN2O-2. The summed E-state index contributed by atoms with van der Waals surface area (Å²) < 4.78 is 45.7. The van der Waals surface area contributed by atoms with Crippen LogP contribution in [0.5, 0.6) is 0 Å². The molecule has 0 amide bonds. The Kier molecular flexibility index (Phi) is 9.88. The molecule has 245 valence electrons. The fourth-order valence-electron chi connectivity index (χ4n) is 5.65. The van der Waals surface area contributed by atoms with Crippen LogP contribution >= 0.6 is 0 Å². The summed E-state index contributed by atoms with van der Waals surface area (Å²) in [6.07, 6.45) is 4.70. The maximum absolute atomic E-state index is 13.5. The Balaban J connectivity index is 0.000000249. The molecule has 4 aromatic carbocycles. The molecule has 0 N–H and O–H groups in total. The average Bonchev–Trinajstić information content (AvgIpc) is 3.48. The first-order valence-corrected chi connectivity index (χ1v) is 23.2. The van der Waals surface area contributed by atoms with E-state index in [9.17, 15) is 4.39 Å². The van der Waals surface area contributed by atoms with Crippen LogP contribution in [0.1, 0.15) is 29.1 Å². The van der Waals surface area contributed by atoms with Gasteiger partial charge in [0.05, 0.1) is 5.58 Å². The summed E-state index contributed by atoms with van der Waals surface area (Å²) in [4.78, 5) is 9.08. The molecule has 3 nitrogen and oxygen atoms in total. The SMILES string of the molecule is [2H]C([2H])([2H])c1c[c-]c(-c2cc(CC(C)C)ccn2)c2oc3c(-c4ccc(F)cc4)cccc3c12.[CH3][Ge]([CH3])([CH3])[c]1ccc(-c2[c-]cccc2)nc1.[Ir]. The molecule has 7 aromatic rings.